The smallest absolute Gasteiger partial charge is 0.335 e. The molecule has 0 bridgehead atoms. The van der Waals surface area contributed by atoms with Crippen molar-refractivity contribution in [3.63, 3.8) is 0 Å². The Balaban J connectivity index is 2.61. The summed E-state index contributed by atoms with van der Waals surface area (Å²) >= 11 is 0. The van der Waals surface area contributed by atoms with Gasteiger partial charge in [0.25, 0.3) is 0 Å². The average Bonchev–Trinajstić information content (AvgIpc) is 2.24. The highest BCUT2D eigenvalue weighted by Crippen LogP contribution is 2.48. The number of benzene rings is 1. The third kappa shape index (κ3) is 6.01. The summed E-state index contributed by atoms with van der Waals surface area (Å²) < 4.78 is 22.7. The van der Waals surface area contributed by atoms with Gasteiger partial charge in [0.2, 0.25) is 0 Å². The Hall–Kier alpha value is -1.16. The lowest BCUT2D eigenvalue weighted by Gasteiger charge is -2.24. The van der Waals surface area contributed by atoms with Crippen molar-refractivity contribution >= 4 is 13.6 Å². The highest BCUT2D eigenvalue weighted by atomic mass is 31.2. The summed E-state index contributed by atoms with van der Waals surface area (Å²) in [6.07, 6.45) is 0. The third-order valence-corrected chi connectivity index (χ3v) is 3.58. The van der Waals surface area contributed by atoms with E-state index in [1.807, 2.05) is 0 Å². The van der Waals surface area contributed by atoms with Crippen LogP contribution in [0.1, 0.15) is 36.7 Å². The van der Waals surface area contributed by atoms with Crippen LogP contribution >= 0.6 is 7.60 Å². The summed E-state index contributed by atoms with van der Waals surface area (Å²) in [5.41, 5.74) is 0.399. The Morgan fingerprint density at radius 1 is 1.26 bits per heavy atom. The minimum absolute atomic E-state index is 0.115. The van der Waals surface area contributed by atoms with Crippen molar-refractivity contribution in [3.8, 4) is 0 Å². The number of carboxylic acid groups (broad SMARTS) is 1. The van der Waals surface area contributed by atoms with Gasteiger partial charge in [-0.3, -0.25) is 4.57 Å². The molecular formula is C13H19O5P. The maximum Gasteiger partial charge on any atom is 0.335 e. The molecular weight excluding hydrogens is 267 g/mol. The molecule has 106 valence electrons. The van der Waals surface area contributed by atoms with Gasteiger partial charge in [-0.1, -0.05) is 12.1 Å². The van der Waals surface area contributed by atoms with E-state index in [-0.39, 0.29) is 12.2 Å². The molecule has 1 rings (SSSR count). The van der Waals surface area contributed by atoms with E-state index in [4.69, 9.17) is 14.2 Å². The first-order valence-corrected chi connectivity index (χ1v) is 7.83. The molecule has 1 atom stereocenters. The zero-order valence-electron chi connectivity index (χ0n) is 11.5. The lowest BCUT2D eigenvalue weighted by atomic mass is 10.1. The van der Waals surface area contributed by atoms with Crippen LogP contribution in [-0.4, -0.2) is 23.3 Å². The van der Waals surface area contributed by atoms with E-state index in [0.717, 1.165) is 5.56 Å². The zero-order chi connectivity index (χ0) is 14.7. The number of rotatable bonds is 5. The van der Waals surface area contributed by atoms with Crippen LogP contribution in [0, 0.1) is 0 Å². The van der Waals surface area contributed by atoms with Gasteiger partial charge in [0.1, 0.15) is 0 Å². The predicted octanol–water partition coefficient (Wildman–Crippen LogP) is 3.54. The normalized spacial score (nSPS) is 14.9. The molecule has 0 aromatic heterocycles. The molecule has 0 aliphatic rings. The molecule has 0 aliphatic carbocycles. The Kier molecular flexibility index (Phi) is 4.91. The Bertz CT molecular complexity index is 487. The molecule has 1 aromatic rings. The fourth-order valence-corrected chi connectivity index (χ4v) is 2.89. The highest BCUT2D eigenvalue weighted by molar-refractivity contribution is 7.53. The van der Waals surface area contributed by atoms with E-state index in [1.54, 1.807) is 32.9 Å². The van der Waals surface area contributed by atoms with E-state index in [1.165, 1.54) is 18.8 Å². The summed E-state index contributed by atoms with van der Waals surface area (Å²) in [6, 6.07) is 6.21. The molecule has 0 saturated carbocycles. The van der Waals surface area contributed by atoms with Crippen molar-refractivity contribution in [2.75, 3.05) is 6.66 Å². The van der Waals surface area contributed by atoms with E-state index in [2.05, 4.69) is 0 Å². The number of carbonyl (C=O) groups is 1. The van der Waals surface area contributed by atoms with Gasteiger partial charge in [-0.25, -0.2) is 4.79 Å². The van der Waals surface area contributed by atoms with E-state index < -0.39 is 19.2 Å². The van der Waals surface area contributed by atoms with Crippen LogP contribution in [0.5, 0.6) is 0 Å². The van der Waals surface area contributed by atoms with Crippen LogP contribution in [0.4, 0.5) is 0 Å². The molecule has 5 nitrogen and oxygen atoms in total. The molecule has 6 heteroatoms. The van der Waals surface area contributed by atoms with Crippen molar-refractivity contribution in [1.82, 2.24) is 0 Å². The van der Waals surface area contributed by atoms with Crippen molar-refractivity contribution in [3.05, 3.63) is 35.4 Å². The number of hydrogen-bond acceptors (Lipinski definition) is 4. The van der Waals surface area contributed by atoms with Gasteiger partial charge in [-0.15, -0.1) is 0 Å². The lowest BCUT2D eigenvalue weighted by molar-refractivity contribution is 0.0696. The minimum Gasteiger partial charge on any atom is -0.478 e. The molecule has 0 aliphatic heterocycles. The van der Waals surface area contributed by atoms with Crippen molar-refractivity contribution in [1.29, 1.82) is 0 Å². The van der Waals surface area contributed by atoms with Crippen molar-refractivity contribution in [2.24, 2.45) is 0 Å². The second-order valence-electron chi connectivity index (χ2n) is 5.25. The maximum absolute atomic E-state index is 12.0. The quantitative estimate of drug-likeness (QED) is 0.838. The predicted molar refractivity (Wildman–Crippen MR) is 72.6 cm³/mol. The molecule has 0 saturated heterocycles. The van der Waals surface area contributed by atoms with E-state index >= 15 is 0 Å². The van der Waals surface area contributed by atoms with Gasteiger partial charge < -0.3 is 14.2 Å². The second-order valence-corrected chi connectivity index (χ2v) is 7.23. The summed E-state index contributed by atoms with van der Waals surface area (Å²) in [5.74, 6) is -0.982. The SMILES string of the molecule is CC(C)(C)OP(C)(=O)OCc1ccc(C(=O)O)cc1. The minimum atomic E-state index is -3.13. The topological polar surface area (TPSA) is 72.8 Å². The largest absolute Gasteiger partial charge is 0.478 e. The van der Waals surface area contributed by atoms with Crippen LogP contribution in [0.25, 0.3) is 0 Å². The molecule has 19 heavy (non-hydrogen) atoms. The molecule has 0 spiro atoms. The lowest BCUT2D eigenvalue weighted by Crippen LogP contribution is -2.17. The summed E-state index contributed by atoms with van der Waals surface area (Å²) in [6.45, 7) is 6.93. The monoisotopic (exact) mass is 286 g/mol. The second kappa shape index (κ2) is 5.87. The van der Waals surface area contributed by atoms with Crippen molar-refractivity contribution < 1.29 is 23.5 Å². The van der Waals surface area contributed by atoms with E-state index in [9.17, 15) is 9.36 Å². The van der Waals surface area contributed by atoms with Gasteiger partial charge in [-0.05, 0) is 38.5 Å². The molecule has 1 N–H and O–H groups in total. The Labute approximate surface area is 113 Å². The molecule has 1 aromatic carbocycles. The van der Waals surface area contributed by atoms with Crippen LogP contribution in [0.2, 0.25) is 0 Å². The van der Waals surface area contributed by atoms with Gasteiger partial charge in [0.05, 0.1) is 17.8 Å². The third-order valence-electron chi connectivity index (χ3n) is 2.11. The van der Waals surface area contributed by atoms with Crippen LogP contribution in [0.3, 0.4) is 0 Å². The summed E-state index contributed by atoms with van der Waals surface area (Å²) in [7, 11) is -3.13. The van der Waals surface area contributed by atoms with E-state index in [0.29, 0.717) is 0 Å². The zero-order valence-corrected chi connectivity index (χ0v) is 12.4. The van der Waals surface area contributed by atoms with Gasteiger partial charge in [0.15, 0.2) is 0 Å². The summed E-state index contributed by atoms with van der Waals surface area (Å²) in [4.78, 5) is 10.7. The van der Waals surface area contributed by atoms with Gasteiger partial charge in [-0.2, -0.15) is 0 Å². The first-order chi connectivity index (χ1) is 8.59. The molecule has 0 heterocycles. The van der Waals surface area contributed by atoms with Crippen molar-refractivity contribution in [2.45, 2.75) is 33.0 Å². The Morgan fingerprint density at radius 2 is 1.79 bits per heavy atom. The van der Waals surface area contributed by atoms with Crippen LogP contribution < -0.4 is 0 Å². The molecule has 1 unspecified atom stereocenters. The molecule has 0 radical (unpaired) electrons. The van der Waals surface area contributed by atoms with Crippen LogP contribution in [-0.2, 0) is 20.2 Å². The maximum atomic E-state index is 12.0. The first-order valence-electron chi connectivity index (χ1n) is 5.84. The summed E-state index contributed by atoms with van der Waals surface area (Å²) in [5, 5.41) is 8.77. The fraction of sp³-hybridized carbons (Fsp3) is 0.462. The number of carboxylic acids is 1. The van der Waals surface area contributed by atoms with Gasteiger partial charge >= 0.3 is 13.6 Å². The highest BCUT2D eigenvalue weighted by Gasteiger charge is 2.25. The van der Waals surface area contributed by atoms with Gasteiger partial charge in [0, 0.05) is 6.66 Å². The van der Waals surface area contributed by atoms with Crippen LogP contribution in [0.15, 0.2) is 24.3 Å². The standard InChI is InChI=1S/C13H19O5P/c1-13(2,3)18-19(4,16)17-9-10-5-7-11(8-6-10)12(14)15/h5-8H,9H2,1-4H3,(H,14,15). The first kappa shape index (κ1) is 15.9. The molecule has 0 amide bonds. The Morgan fingerprint density at radius 3 is 2.21 bits per heavy atom. The number of hydrogen-bond donors (Lipinski definition) is 1. The number of aromatic carboxylic acids is 1. The average molecular weight is 286 g/mol. The molecule has 0 fully saturated rings. The fourth-order valence-electron chi connectivity index (χ4n) is 1.46.